The highest BCUT2D eigenvalue weighted by molar-refractivity contribution is 7.07. The van der Waals surface area contributed by atoms with Gasteiger partial charge in [-0.15, -0.1) is 11.3 Å². The van der Waals surface area contributed by atoms with Crippen LogP contribution in [0.5, 0.6) is 0 Å². The molecule has 1 amide bonds. The molecule has 18 heavy (non-hydrogen) atoms. The van der Waals surface area contributed by atoms with Crippen LogP contribution in [0.1, 0.15) is 23.2 Å². The molecule has 94 valence electrons. The Morgan fingerprint density at radius 3 is 2.67 bits per heavy atom. The van der Waals surface area contributed by atoms with E-state index < -0.39 is 0 Å². The predicted octanol–water partition coefficient (Wildman–Crippen LogP) is 3.33. The van der Waals surface area contributed by atoms with E-state index in [4.69, 9.17) is 0 Å². The lowest BCUT2D eigenvalue weighted by atomic mass is 10.1. The summed E-state index contributed by atoms with van der Waals surface area (Å²) in [6.07, 6.45) is 1.16. The number of hydrogen-bond acceptors (Lipinski definition) is 3. The molecule has 2 rings (SSSR count). The molecule has 1 heterocycles. The number of carbonyl (C=O) groups excluding carboxylic acids is 1. The number of para-hydroxylation sites is 1. The molecule has 2 aromatic rings. The molecular formula is C14H16N2OS. The van der Waals surface area contributed by atoms with E-state index >= 15 is 0 Å². The molecule has 0 atom stereocenters. The fourth-order valence-electron chi connectivity index (χ4n) is 1.82. The third-order valence-corrected chi connectivity index (χ3v) is 3.47. The van der Waals surface area contributed by atoms with Crippen molar-refractivity contribution in [2.45, 2.75) is 26.7 Å². The van der Waals surface area contributed by atoms with E-state index in [1.54, 1.807) is 16.8 Å². The van der Waals surface area contributed by atoms with Crippen LogP contribution in [0.25, 0.3) is 0 Å². The molecule has 0 saturated heterocycles. The second kappa shape index (κ2) is 5.78. The van der Waals surface area contributed by atoms with Gasteiger partial charge in [0.1, 0.15) is 0 Å². The van der Waals surface area contributed by atoms with Crippen LogP contribution in [-0.2, 0) is 11.2 Å². The molecule has 3 nitrogen and oxygen atoms in total. The largest absolute Gasteiger partial charge is 0.326 e. The maximum absolute atomic E-state index is 11.9. The molecule has 0 unspecified atom stereocenters. The average molecular weight is 260 g/mol. The third kappa shape index (κ3) is 3.17. The molecule has 1 aromatic carbocycles. The monoisotopic (exact) mass is 260 g/mol. The van der Waals surface area contributed by atoms with Crippen molar-refractivity contribution in [3.63, 3.8) is 0 Å². The van der Waals surface area contributed by atoms with Crippen LogP contribution in [0.3, 0.4) is 0 Å². The van der Waals surface area contributed by atoms with Crippen LogP contribution in [0.15, 0.2) is 29.1 Å². The Balaban J connectivity index is 1.95. The first kappa shape index (κ1) is 12.8. The van der Waals surface area contributed by atoms with Crippen molar-refractivity contribution in [1.82, 2.24) is 4.98 Å². The van der Waals surface area contributed by atoms with Gasteiger partial charge in [0.2, 0.25) is 5.91 Å². The van der Waals surface area contributed by atoms with Gasteiger partial charge in [0.05, 0.1) is 11.2 Å². The maximum Gasteiger partial charge on any atom is 0.224 e. The lowest BCUT2D eigenvalue weighted by molar-refractivity contribution is -0.116. The van der Waals surface area contributed by atoms with Crippen LogP contribution in [0.4, 0.5) is 5.69 Å². The van der Waals surface area contributed by atoms with Crippen LogP contribution >= 0.6 is 11.3 Å². The molecule has 1 N–H and O–H groups in total. The number of anilines is 1. The van der Waals surface area contributed by atoms with Gasteiger partial charge in [0.15, 0.2) is 0 Å². The number of rotatable bonds is 4. The number of aryl methyl sites for hydroxylation is 3. The summed E-state index contributed by atoms with van der Waals surface area (Å²) < 4.78 is 0. The summed E-state index contributed by atoms with van der Waals surface area (Å²) in [7, 11) is 0. The number of aromatic nitrogens is 1. The molecule has 0 saturated carbocycles. The summed E-state index contributed by atoms with van der Waals surface area (Å²) >= 11 is 1.56. The molecule has 0 aliphatic rings. The normalized spacial score (nSPS) is 10.3. The number of benzene rings is 1. The Kier molecular flexibility index (Phi) is 4.10. The minimum absolute atomic E-state index is 0.0420. The topological polar surface area (TPSA) is 42.0 Å². The second-order valence-electron chi connectivity index (χ2n) is 4.29. The van der Waals surface area contributed by atoms with Crippen LogP contribution in [0.2, 0.25) is 0 Å². The Labute approximate surface area is 111 Å². The summed E-state index contributed by atoms with van der Waals surface area (Å²) in [6.45, 7) is 4.01. The zero-order valence-electron chi connectivity index (χ0n) is 10.6. The number of carbonyl (C=O) groups is 1. The molecule has 0 fully saturated rings. The molecule has 4 heteroatoms. The van der Waals surface area contributed by atoms with Crippen molar-refractivity contribution >= 4 is 22.9 Å². The van der Waals surface area contributed by atoms with Gasteiger partial charge < -0.3 is 5.32 Å². The first-order chi connectivity index (χ1) is 8.66. The maximum atomic E-state index is 11.9. The van der Waals surface area contributed by atoms with E-state index in [0.717, 1.165) is 22.5 Å². The number of hydrogen-bond donors (Lipinski definition) is 1. The predicted molar refractivity (Wildman–Crippen MR) is 75.0 cm³/mol. The minimum Gasteiger partial charge on any atom is -0.326 e. The molecule has 1 aromatic heterocycles. The number of nitrogens with zero attached hydrogens (tertiary/aromatic N) is 1. The molecular weight excluding hydrogens is 244 g/mol. The minimum atomic E-state index is 0.0420. The van der Waals surface area contributed by atoms with Crippen molar-refractivity contribution in [3.05, 3.63) is 45.9 Å². The average Bonchev–Trinajstić information content (AvgIpc) is 2.84. The highest BCUT2D eigenvalue weighted by Crippen LogP contribution is 2.19. The molecule has 0 radical (unpaired) electrons. The van der Waals surface area contributed by atoms with E-state index in [1.165, 1.54) is 0 Å². The molecule has 0 aliphatic heterocycles. The first-order valence-corrected chi connectivity index (χ1v) is 6.84. The van der Waals surface area contributed by atoms with E-state index in [-0.39, 0.29) is 5.91 Å². The zero-order chi connectivity index (χ0) is 13.0. The van der Waals surface area contributed by atoms with Crippen LogP contribution in [0, 0.1) is 13.8 Å². The number of nitrogens with one attached hydrogen (secondary N) is 1. The Morgan fingerprint density at radius 2 is 2.06 bits per heavy atom. The van der Waals surface area contributed by atoms with Gasteiger partial charge >= 0.3 is 0 Å². The van der Waals surface area contributed by atoms with Gasteiger partial charge in [0, 0.05) is 17.5 Å². The van der Waals surface area contributed by atoms with Crippen molar-refractivity contribution in [2.24, 2.45) is 0 Å². The van der Waals surface area contributed by atoms with Crippen LogP contribution in [-0.4, -0.2) is 10.9 Å². The number of amides is 1. The second-order valence-corrected chi connectivity index (χ2v) is 5.01. The lowest BCUT2D eigenvalue weighted by Crippen LogP contribution is -2.14. The quantitative estimate of drug-likeness (QED) is 0.916. The molecule has 0 aliphatic carbocycles. The van der Waals surface area contributed by atoms with E-state index in [9.17, 15) is 4.79 Å². The Morgan fingerprint density at radius 1 is 1.33 bits per heavy atom. The molecule has 0 bridgehead atoms. The molecule has 0 spiro atoms. The summed E-state index contributed by atoms with van der Waals surface area (Å²) in [5.74, 6) is 0.0420. The Bertz CT molecular complexity index is 514. The van der Waals surface area contributed by atoms with Crippen molar-refractivity contribution in [3.8, 4) is 0 Å². The first-order valence-electron chi connectivity index (χ1n) is 5.90. The number of thiazole rings is 1. The highest BCUT2D eigenvalue weighted by Gasteiger charge is 2.07. The van der Waals surface area contributed by atoms with Crippen molar-refractivity contribution in [2.75, 3.05) is 5.32 Å². The summed E-state index contributed by atoms with van der Waals surface area (Å²) in [6, 6.07) is 6.00. The van der Waals surface area contributed by atoms with Crippen molar-refractivity contribution in [1.29, 1.82) is 0 Å². The third-order valence-electron chi connectivity index (χ3n) is 2.84. The summed E-state index contributed by atoms with van der Waals surface area (Å²) in [4.78, 5) is 16.0. The highest BCUT2D eigenvalue weighted by atomic mass is 32.1. The SMILES string of the molecule is Cc1cccc(C)c1NC(=O)CCc1cscn1. The van der Waals surface area contributed by atoms with Gasteiger partial charge in [0.25, 0.3) is 0 Å². The Hall–Kier alpha value is -1.68. The van der Waals surface area contributed by atoms with Crippen LogP contribution < -0.4 is 5.32 Å². The van der Waals surface area contributed by atoms with E-state index in [2.05, 4.69) is 10.3 Å². The van der Waals surface area contributed by atoms with Gasteiger partial charge in [-0.25, -0.2) is 4.98 Å². The van der Waals surface area contributed by atoms with Crippen molar-refractivity contribution < 1.29 is 4.79 Å². The summed E-state index contributed by atoms with van der Waals surface area (Å²) in [5, 5.41) is 4.96. The standard InChI is InChI=1S/C14H16N2OS/c1-10-4-3-5-11(2)14(10)16-13(17)7-6-12-8-18-9-15-12/h3-5,8-9H,6-7H2,1-2H3,(H,16,17). The van der Waals surface area contributed by atoms with Gasteiger partial charge in [-0.1, -0.05) is 18.2 Å². The fraction of sp³-hybridized carbons (Fsp3) is 0.286. The van der Waals surface area contributed by atoms with Gasteiger partial charge in [-0.3, -0.25) is 4.79 Å². The lowest BCUT2D eigenvalue weighted by Gasteiger charge is -2.10. The van der Waals surface area contributed by atoms with E-state index in [0.29, 0.717) is 12.8 Å². The van der Waals surface area contributed by atoms with Gasteiger partial charge in [-0.05, 0) is 31.4 Å². The summed E-state index contributed by atoms with van der Waals surface area (Å²) in [5.41, 5.74) is 5.89. The van der Waals surface area contributed by atoms with Gasteiger partial charge in [-0.2, -0.15) is 0 Å². The van der Waals surface area contributed by atoms with E-state index in [1.807, 2.05) is 37.4 Å². The smallest absolute Gasteiger partial charge is 0.224 e. The fourth-order valence-corrected chi connectivity index (χ4v) is 2.41. The zero-order valence-corrected chi connectivity index (χ0v) is 11.4.